The van der Waals surface area contributed by atoms with E-state index in [1.54, 1.807) is 0 Å². The van der Waals surface area contributed by atoms with Crippen molar-refractivity contribution in [1.82, 2.24) is 10.3 Å². The van der Waals surface area contributed by atoms with E-state index in [1.165, 1.54) is 18.4 Å². The predicted molar refractivity (Wildman–Crippen MR) is 75.9 cm³/mol. The molecule has 4 heteroatoms. The highest BCUT2D eigenvalue weighted by molar-refractivity contribution is 6.41. The van der Waals surface area contributed by atoms with Crippen molar-refractivity contribution in [3.8, 4) is 0 Å². The standard InChI is InChI=1S/C14H16Cl2N2/c15-13-6-10(7-18-14(13)16)11-3-1-2-9-4-5-17-8-12(9)11/h3,6-7,9,12,17H,1-2,4-5,8H2/t9-,12+/m0/s1. The first kappa shape index (κ1) is 12.5. The Labute approximate surface area is 117 Å². The predicted octanol–water partition coefficient (Wildman–Crippen LogP) is 3.79. The third-order valence-electron chi connectivity index (χ3n) is 4.06. The summed E-state index contributed by atoms with van der Waals surface area (Å²) in [7, 11) is 0. The van der Waals surface area contributed by atoms with Gasteiger partial charge in [-0.1, -0.05) is 29.3 Å². The van der Waals surface area contributed by atoms with E-state index in [1.807, 2.05) is 12.3 Å². The molecule has 18 heavy (non-hydrogen) atoms. The van der Waals surface area contributed by atoms with Crippen molar-refractivity contribution in [3.63, 3.8) is 0 Å². The Kier molecular flexibility index (Phi) is 3.60. The first-order chi connectivity index (χ1) is 8.75. The minimum Gasteiger partial charge on any atom is -0.316 e. The summed E-state index contributed by atoms with van der Waals surface area (Å²) in [4.78, 5) is 4.16. The van der Waals surface area contributed by atoms with Gasteiger partial charge in [-0.25, -0.2) is 4.98 Å². The molecule has 3 rings (SSSR count). The van der Waals surface area contributed by atoms with Crippen molar-refractivity contribution in [2.24, 2.45) is 11.8 Å². The van der Waals surface area contributed by atoms with Crippen molar-refractivity contribution >= 4 is 28.8 Å². The highest BCUT2D eigenvalue weighted by atomic mass is 35.5. The molecule has 0 aromatic carbocycles. The molecular formula is C14H16Cl2N2. The van der Waals surface area contributed by atoms with E-state index < -0.39 is 0 Å². The van der Waals surface area contributed by atoms with Crippen LogP contribution in [0.4, 0.5) is 0 Å². The molecule has 2 aliphatic rings. The minimum atomic E-state index is 0.384. The summed E-state index contributed by atoms with van der Waals surface area (Å²) in [6, 6.07) is 1.94. The lowest BCUT2D eigenvalue weighted by Crippen LogP contribution is -2.38. The lowest BCUT2D eigenvalue weighted by molar-refractivity contribution is 0.285. The molecule has 0 unspecified atom stereocenters. The number of halogens is 2. The van der Waals surface area contributed by atoms with Crippen LogP contribution < -0.4 is 5.32 Å². The lowest BCUT2D eigenvalue weighted by atomic mass is 9.73. The fraction of sp³-hybridized carbons (Fsp3) is 0.500. The molecule has 2 heterocycles. The second-order valence-corrected chi connectivity index (χ2v) is 5.86. The number of rotatable bonds is 1. The lowest BCUT2D eigenvalue weighted by Gasteiger charge is -2.37. The third kappa shape index (κ3) is 2.29. The van der Waals surface area contributed by atoms with Crippen LogP contribution in [0.2, 0.25) is 10.2 Å². The zero-order valence-electron chi connectivity index (χ0n) is 10.1. The Morgan fingerprint density at radius 2 is 2.17 bits per heavy atom. The van der Waals surface area contributed by atoms with Crippen molar-refractivity contribution in [1.29, 1.82) is 0 Å². The van der Waals surface area contributed by atoms with E-state index >= 15 is 0 Å². The number of aromatic nitrogens is 1. The number of pyridine rings is 1. The van der Waals surface area contributed by atoms with E-state index in [0.29, 0.717) is 16.1 Å². The van der Waals surface area contributed by atoms with Gasteiger partial charge >= 0.3 is 0 Å². The summed E-state index contributed by atoms with van der Waals surface area (Å²) in [5.74, 6) is 1.41. The van der Waals surface area contributed by atoms with Crippen molar-refractivity contribution in [2.45, 2.75) is 19.3 Å². The Morgan fingerprint density at radius 3 is 3.00 bits per heavy atom. The molecule has 96 valence electrons. The summed E-state index contributed by atoms with van der Waals surface area (Å²) < 4.78 is 0. The molecule has 0 bridgehead atoms. The van der Waals surface area contributed by atoms with Crippen LogP contribution in [-0.2, 0) is 0 Å². The SMILES string of the molecule is Clc1cc(C2=CCC[C@H]3CCNC[C@@H]23)cnc1Cl. The van der Waals surface area contributed by atoms with E-state index in [0.717, 1.165) is 31.0 Å². The molecule has 0 saturated carbocycles. The van der Waals surface area contributed by atoms with Gasteiger partial charge in [0.2, 0.25) is 0 Å². The van der Waals surface area contributed by atoms with Crippen molar-refractivity contribution in [3.05, 3.63) is 34.1 Å². The van der Waals surface area contributed by atoms with Gasteiger partial charge in [0, 0.05) is 12.7 Å². The molecule has 0 radical (unpaired) electrons. The molecule has 1 aromatic rings. The average Bonchev–Trinajstić information content (AvgIpc) is 2.41. The van der Waals surface area contributed by atoms with Crippen LogP contribution in [0.25, 0.3) is 5.57 Å². The van der Waals surface area contributed by atoms with Crippen molar-refractivity contribution in [2.75, 3.05) is 13.1 Å². The summed E-state index contributed by atoms with van der Waals surface area (Å²) in [6.45, 7) is 2.21. The molecule has 1 aromatic heterocycles. The maximum atomic E-state index is 6.07. The Morgan fingerprint density at radius 1 is 1.28 bits per heavy atom. The number of nitrogens with zero attached hydrogens (tertiary/aromatic N) is 1. The second-order valence-electron chi connectivity index (χ2n) is 5.09. The van der Waals surface area contributed by atoms with E-state index in [9.17, 15) is 0 Å². The van der Waals surface area contributed by atoms with Crippen LogP contribution >= 0.6 is 23.2 Å². The van der Waals surface area contributed by atoms with Gasteiger partial charge in [-0.15, -0.1) is 0 Å². The fourth-order valence-corrected chi connectivity index (χ4v) is 3.41. The van der Waals surface area contributed by atoms with Gasteiger partial charge in [-0.2, -0.15) is 0 Å². The van der Waals surface area contributed by atoms with Crippen LogP contribution in [0.5, 0.6) is 0 Å². The quantitative estimate of drug-likeness (QED) is 0.793. The van der Waals surface area contributed by atoms with Gasteiger partial charge in [0.15, 0.2) is 0 Å². The normalized spacial score (nSPS) is 27.6. The zero-order chi connectivity index (χ0) is 12.5. The van der Waals surface area contributed by atoms with E-state index in [4.69, 9.17) is 23.2 Å². The van der Waals surface area contributed by atoms with Gasteiger partial charge in [0.1, 0.15) is 5.15 Å². The number of nitrogens with one attached hydrogen (secondary N) is 1. The largest absolute Gasteiger partial charge is 0.316 e. The Bertz CT molecular complexity index is 485. The fourth-order valence-electron chi connectivity index (χ4n) is 3.14. The third-order valence-corrected chi connectivity index (χ3v) is 4.74. The van der Waals surface area contributed by atoms with Crippen LogP contribution in [-0.4, -0.2) is 18.1 Å². The van der Waals surface area contributed by atoms with Gasteiger partial charge in [-0.05, 0) is 54.8 Å². The smallest absolute Gasteiger partial charge is 0.147 e. The highest BCUT2D eigenvalue weighted by Crippen LogP contribution is 2.40. The molecule has 1 N–H and O–H groups in total. The molecule has 1 saturated heterocycles. The maximum absolute atomic E-state index is 6.07. The van der Waals surface area contributed by atoms with Crippen LogP contribution in [0, 0.1) is 11.8 Å². The Balaban J connectivity index is 1.94. The van der Waals surface area contributed by atoms with Gasteiger partial charge in [0.25, 0.3) is 0 Å². The van der Waals surface area contributed by atoms with E-state index in [2.05, 4.69) is 16.4 Å². The summed E-state index contributed by atoms with van der Waals surface area (Å²) >= 11 is 12.0. The first-order valence-corrected chi connectivity index (χ1v) is 7.23. The summed E-state index contributed by atoms with van der Waals surface area (Å²) in [6.07, 6.45) is 7.94. The molecule has 1 aliphatic carbocycles. The second kappa shape index (κ2) is 5.20. The molecule has 0 spiro atoms. The highest BCUT2D eigenvalue weighted by Gasteiger charge is 2.30. The monoisotopic (exact) mass is 282 g/mol. The first-order valence-electron chi connectivity index (χ1n) is 6.48. The number of piperidine rings is 1. The van der Waals surface area contributed by atoms with Crippen molar-refractivity contribution < 1.29 is 0 Å². The molecule has 2 atom stereocenters. The number of allylic oxidation sites excluding steroid dienone is 1. The van der Waals surface area contributed by atoms with Gasteiger partial charge in [0.05, 0.1) is 5.02 Å². The molecule has 0 amide bonds. The number of hydrogen-bond acceptors (Lipinski definition) is 2. The van der Waals surface area contributed by atoms with Crippen LogP contribution in [0.15, 0.2) is 18.3 Å². The Hall–Kier alpha value is -0.570. The van der Waals surface area contributed by atoms with Crippen LogP contribution in [0.1, 0.15) is 24.8 Å². The summed E-state index contributed by atoms with van der Waals surface area (Å²) in [5, 5.41) is 4.42. The molecule has 1 aliphatic heterocycles. The van der Waals surface area contributed by atoms with Gasteiger partial charge in [-0.3, -0.25) is 0 Å². The summed E-state index contributed by atoms with van der Waals surface area (Å²) in [5.41, 5.74) is 2.52. The van der Waals surface area contributed by atoms with Crippen LogP contribution in [0.3, 0.4) is 0 Å². The maximum Gasteiger partial charge on any atom is 0.147 e. The van der Waals surface area contributed by atoms with Gasteiger partial charge < -0.3 is 5.32 Å². The molecule has 2 nitrogen and oxygen atoms in total. The minimum absolute atomic E-state index is 0.384. The number of fused-ring (bicyclic) bond motifs is 1. The molecular weight excluding hydrogens is 267 g/mol. The number of hydrogen-bond donors (Lipinski definition) is 1. The average molecular weight is 283 g/mol. The van der Waals surface area contributed by atoms with E-state index in [-0.39, 0.29) is 0 Å². The zero-order valence-corrected chi connectivity index (χ0v) is 11.6. The topological polar surface area (TPSA) is 24.9 Å². The molecule has 1 fully saturated rings.